The molecule has 1 aromatic rings. The smallest absolute Gasteiger partial charge is 0.256 e. The second kappa shape index (κ2) is 9.16. The Morgan fingerprint density at radius 1 is 1.30 bits per heavy atom. The topological polar surface area (TPSA) is 71.3 Å². The van der Waals surface area contributed by atoms with Crippen molar-refractivity contribution in [1.82, 2.24) is 0 Å². The fraction of sp³-hybridized carbons (Fsp3) is 0.556. The number of carbonyl (C=O) groups excluding carboxylic acids is 1. The second-order valence-electron chi connectivity index (χ2n) is 5.54. The molecule has 0 aliphatic heterocycles. The number of ether oxygens (including phenoxy) is 2. The van der Waals surface area contributed by atoms with Crippen molar-refractivity contribution in [2.24, 2.45) is 0 Å². The van der Waals surface area contributed by atoms with Crippen molar-refractivity contribution < 1.29 is 14.3 Å². The van der Waals surface area contributed by atoms with Crippen LogP contribution in [0, 0.1) is 11.3 Å². The van der Waals surface area contributed by atoms with Crippen molar-refractivity contribution in [2.75, 3.05) is 18.5 Å². The molecular formula is C18H26N2O3. The molecule has 0 spiro atoms. The van der Waals surface area contributed by atoms with Gasteiger partial charge in [0, 0.05) is 6.61 Å². The Morgan fingerprint density at radius 3 is 2.61 bits per heavy atom. The number of benzene rings is 1. The van der Waals surface area contributed by atoms with Crippen LogP contribution in [0.15, 0.2) is 18.2 Å². The van der Waals surface area contributed by atoms with Crippen LogP contribution in [0.4, 0.5) is 5.69 Å². The maximum absolute atomic E-state index is 12.6. The van der Waals surface area contributed by atoms with E-state index in [0.717, 1.165) is 12.8 Å². The lowest BCUT2D eigenvalue weighted by Gasteiger charge is -2.28. The summed E-state index contributed by atoms with van der Waals surface area (Å²) in [5, 5.41) is 12.1. The van der Waals surface area contributed by atoms with E-state index in [1.807, 2.05) is 20.8 Å². The lowest BCUT2D eigenvalue weighted by Crippen LogP contribution is -2.42. The number of hydrogen-bond acceptors (Lipinski definition) is 4. The highest BCUT2D eigenvalue weighted by molar-refractivity contribution is 5.98. The van der Waals surface area contributed by atoms with Crippen molar-refractivity contribution in [1.29, 1.82) is 5.26 Å². The number of rotatable bonds is 9. The Bertz CT molecular complexity index is 558. The average Bonchev–Trinajstić information content (AvgIpc) is 2.54. The van der Waals surface area contributed by atoms with Gasteiger partial charge in [0.15, 0.2) is 0 Å². The Hall–Kier alpha value is -2.06. The van der Waals surface area contributed by atoms with Crippen molar-refractivity contribution in [3.05, 3.63) is 23.8 Å². The lowest BCUT2D eigenvalue weighted by atomic mass is 9.98. The molecule has 5 heteroatoms. The van der Waals surface area contributed by atoms with Crippen LogP contribution >= 0.6 is 0 Å². The van der Waals surface area contributed by atoms with Gasteiger partial charge < -0.3 is 14.8 Å². The van der Waals surface area contributed by atoms with Crippen LogP contribution in [-0.2, 0) is 9.53 Å². The van der Waals surface area contributed by atoms with Crippen LogP contribution in [0.1, 0.15) is 52.5 Å². The van der Waals surface area contributed by atoms with Gasteiger partial charge in [0.1, 0.15) is 17.4 Å². The van der Waals surface area contributed by atoms with Crippen LogP contribution in [0.3, 0.4) is 0 Å². The summed E-state index contributed by atoms with van der Waals surface area (Å²) in [6.45, 7) is 8.71. The predicted octanol–water partition coefficient (Wildman–Crippen LogP) is 3.88. The van der Waals surface area contributed by atoms with E-state index in [1.54, 1.807) is 25.1 Å². The fourth-order valence-electron chi connectivity index (χ4n) is 2.34. The van der Waals surface area contributed by atoms with Gasteiger partial charge in [-0.1, -0.05) is 20.3 Å². The number of amides is 1. The molecule has 0 bridgehead atoms. The highest BCUT2D eigenvalue weighted by Crippen LogP contribution is 2.25. The summed E-state index contributed by atoms with van der Waals surface area (Å²) in [6, 6.07) is 7.19. The third-order valence-corrected chi connectivity index (χ3v) is 3.50. The minimum absolute atomic E-state index is 0.236. The van der Waals surface area contributed by atoms with Gasteiger partial charge in [0.25, 0.3) is 5.91 Å². The standard InChI is InChI=1S/C18H26N2O3/c1-5-10-18(4,23-7-3)17(21)20-16-9-8-15(22-11-6-2)12-14(16)13-19/h8-9,12H,5-7,10-11H2,1-4H3,(H,20,21)/t18-/m0/s1. The maximum Gasteiger partial charge on any atom is 0.256 e. The van der Waals surface area contributed by atoms with Crippen molar-refractivity contribution in [2.45, 2.75) is 52.6 Å². The normalized spacial score (nSPS) is 13.0. The third-order valence-electron chi connectivity index (χ3n) is 3.50. The molecule has 0 aliphatic carbocycles. The zero-order valence-corrected chi connectivity index (χ0v) is 14.4. The number of hydrogen-bond donors (Lipinski definition) is 1. The molecule has 5 nitrogen and oxygen atoms in total. The summed E-state index contributed by atoms with van der Waals surface area (Å²) in [7, 11) is 0. The van der Waals surface area contributed by atoms with E-state index in [2.05, 4.69) is 11.4 Å². The van der Waals surface area contributed by atoms with Crippen LogP contribution in [0.25, 0.3) is 0 Å². The van der Waals surface area contributed by atoms with E-state index in [4.69, 9.17) is 9.47 Å². The molecule has 0 heterocycles. The second-order valence-corrected chi connectivity index (χ2v) is 5.54. The molecule has 0 saturated heterocycles. The van der Waals surface area contributed by atoms with E-state index >= 15 is 0 Å². The molecule has 0 aliphatic rings. The van der Waals surface area contributed by atoms with Gasteiger partial charge in [0.05, 0.1) is 17.9 Å². The number of nitrogens with zero attached hydrogens (tertiary/aromatic N) is 1. The Kier molecular flexibility index (Phi) is 7.56. The molecule has 0 radical (unpaired) electrons. The minimum atomic E-state index is -0.895. The molecule has 1 aromatic carbocycles. The van der Waals surface area contributed by atoms with Crippen LogP contribution in [-0.4, -0.2) is 24.7 Å². The van der Waals surface area contributed by atoms with Gasteiger partial charge >= 0.3 is 0 Å². The molecule has 0 aromatic heterocycles. The molecule has 1 N–H and O–H groups in total. The SMILES string of the molecule is CCCOc1ccc(NC(=O)[C@](C)(CCC)OCC)c(C#N)c1. The van der Waals surface area contributed by atoms with Crippen LogP contribution in [0.2, 0.25) is 0 Å². The number of nitrogens with one attached hydrogen (secondary N) is 1. The molecule has 1 rings (SSSR count). The molecule has 1 atom stereocenters. The molecule has 23 heavy (non-hydrogen) atoms. The average molecular weight is 318 g/mol. The fourth-order valence-corrected chi connectivity index (χ4v) is 2.34. The third kappa shape index (κ3) is 5.26. The largest absolute Gasteiger partial charge is 0.494 e. The van der Waals surface area contributed by atoms with Gasteiger partial charge in [-0.2, -0.15) is 5.26 Å². The van der Waals surface area contributed by atoms with Crippen LogP contribution < -0.4 is 10.1 Å². The van der Waals surface area contributed by atoms with Crippen molar-refractivity contribution >= 4 is 11.6 Å². The number of carbonyl (C=O) groups is 1. The van der Waals surface area contributed by atoms with E-state index in [0.29, 0.717) is 36.6 Å². The predicted molar refractivity (Wildman–Crippen MR) is 90.5 cm³/mol. The van der Waals surface area contributed by atoms with Gasteiger partial charge in [-0.25, -0.2) is 0 Å². The highest BCUT2D eigenvalue weighted by Gasteiger charge is 2.33. The summed E-state index contributed by atoms with van der Waals surface area (Å²) in [6.07, 6.45) is 2.34. The van der Waals surface area contributed by atoms with Crippen molar-refractivity contribution in [3.63, 3.8) is 0 Å². The van der Waals surface area contributed by atoms with E-state index in [-0.39, 0.29) is 5.91 Å². The Morgan fingerprint density at radius 2 is 2.04 bits per heavy atom. The monoisotopic (exact) mass is 318 g/mol. The van der Waals surface area contributed by atoms with Gasteiger partial charge in [-0.15, -0.1) is 0 Å². The Balaban J connectivity index is 2.94. The molecule has 126 valence electrons. The first-order chi connectivity index (χ1) is 11.0. The minimum Gasteiger partial charge on any atom is -0.494 e. The van der Waals surface area contributed by atoms with Crippen LogP contribution in [0.5, 0.6) is 5.75 Å². The summed E-state index contributed by atoms with van der Waals surface area (Å²) < 4.78 is 11.1. The molecular weight excluding hydrogens is 292 g/mol. The summed E-state index contributed by atoms with van der Waals surface area (Å²) in [4.78, 5) is 12.6. The zero-order valence-electron chi connectivity index (χ0n) is 14.4. The quantitative estimate of drug-likeness (QED) is 0.750. The first-order valence-electron chi connectivity index (χ1n) is 8.13. The van der Waals surface area contributed by atoms with Gasteiger partial charge in [0.2, 0.25) is 0 Å². The first-order valence-corrected chi connectivity index (χ1v) is 8.13. The summed E-state index contributed by atoms with van der Waals surface area (Å²) in [5.74, 6) is 0.391. The molecule has 1 amide bonds. The first kappa shape index (κ1) is 19.0. The summed E-state index contributed by atoms with van der Waals surface area (Å²) in [5.41, 5.74) is -0.0427. The molecule has 0 saturated carbocycles. The van der Waals surface area contributed by atoms with Crippen molar-refractivity contribution in [3.8, 4) is 11.8 Å². The van der Waals surface area contributed by atoms with E-state index < -0.39 is 5.60 Å². The highest BCUT2D eigenvalue weighted by atomic mass is 16.5. The van der Waals surface area contributed by atoms with Gasteiger partial charge in [-0.05, 0) is 44.9 Å². The number of anilines is 1. The molecule has 0 fully saturated rings. The Labute approximate surface area is 138 Å². The summed E-state index contributed by atoms with van der Waals surface area (Å²) >= 11 is 0. The molecule has 0 unspecified atom stereocenters. The van der Waals surface area contributed by atoms with Gasteiger partial charge in [-0.3, -0.25) is 4.79 Å². The number of nitriles is 1. The maximum atomic E-state index is 12.6. The zero-order chi connectivity index (χ0) is 17.3. The van der Waals surface area contributed by atoms with E-state index in [1.165, 1.54) is 0 Å². The lowest BCUT2D eigenvalue weighted by molar-refractivity contribution is -0.139. The van der Waals surface area contributed by atoms with E-state index in [9.17, 15) is 10.1 Å².